The van der Waals surface area contributed by atoms with Crippen LogP contribution in [-0.4, -0.2) is 9.97 Å². The van der Waals surface area contributed by atoms with Crippen LogP contribution in [0.5, 0.6) is 0 Å². The van der Waals surface area contributed by atoms with Gasteiger partial charge in [0, 0.05) is 10.0 Å². The van der Waals surface area contributed by atoms with Crippen LogP contribution in [0.15, 0.2) is 46.9 Å². The molecule has 0 atom stereocenters. The van der Waals surface area contributed by atoms with E-state index in [-0.39, 0.29) is 0 Å². The lowest BCUT2D eigenvalue weighted by atomic mass is 10.2. The molecule has 1 aromatic heterocycles. The van der Waals surface area contributed by atoms with Gasteiger partial charge in [0.05, 0.1) is 11.0 Å². The standard InChI is InChI=1S/C14H11BrN2/c1-9-4-2-7-12-13(9)17-14(16-12)10-5-3-6-11(15)8-10/h2-8H,1H3,(H,16,17). The third-order valence-corrected chi connectivity index (χ3v) is 3.31. The maximum absolute atomic E-state index is 4.65. The Balaban J connectivity index is 2.22. The van der Waals surface area contributed by atoms with E-state index in [1.54, 1.807) is 0 Å². The lowest BCUT2D eigenvalue weighted by Crippen LogP contribution is -1.79. The summed E-state index contributed by atoms with van der Waals surface area (Å²) in [6, 6.07) is 14.3. The van der Waals surface area contributed by atoms with Crippen LogP contribution in [0.4, 0.5) is 0 Å². The molecule has 1 heterocycles. The largest absolute Gasteiger partial charge is 0.338 e. The van der Waals surface area contributed by atoms with Crippen molar-refractivity contribution in [3.8, 4) is 11.4 Å². The molecule has 0 radical (unpaired) electrons. The van der Waals surface area contributed by atoms with Crippen molar-refractivity contribution in [2.45, 2.75) is 6.92 Å². The van der Waals surface area contributed by atoms with E-state index in [2.05, 4.69) is 57.1 Å². The zero-order chi connectivity index (χ0) is 11.8. The lowest BCUT2D eigenvalue weighted by Gasteiger charge is -1.96. The van der Waals surface area contributed by atoms with Crippen molar-refractivity contribution in [2.75, 3.05) is 0 Å². The third-order valence-electron chi connectivity index (χ3n) is 2.81. The number of rotatable bonds is 1. The predicted octanol–water partition coefficient (Wildman–Crippen LogP) is 4.30. The molecule has 0 aliphatic carbocycles. The van der Waals surface area contributed by atoms with E-state index in [0.29, 0.717) is 0 Å². The Morgan fingerprint density at radius 2 is 1.94 bits per heavy atom. The number of benzene rings is 2. The van der Waals surface area contributed by atoms with Gasteiger partial charge in [0.2, 0.25) is 0 Å². The van der Waals surface area contributed by atoms with Crippen LogP contribution in [0.25, 0.3) is 22.4 Å². The summed E-state index contributed by atoms with van der Waals surface area (Å²) in [6.45, 7) is 2.08. The van der Waals surface area contributed by atoms with Crippen LogP contribution >= 0.6 is 15.9 Å². The first-order valence-corrected chi connectivity index (χ1v) is 6.24. The van der Waals surface area contributed by atoms with Gasteiger partial charge in [-0.15, -0.1) is 0 Å². The molecule has 0 aliphatic rings. The highest BCUT2D eigenvalue weighted by atomic mass is 79.9. The molecule has 2 aromatic carbocycles. The summed E-state index contributed by atoms with van der Waals surface area (Å²) in [5, 5.41) is 0. The maximum atomic E-state index is 4.65. The fourth-order valence-corrected chi connectivity index (χ4v) is 2.35. The molecule has 1 N–H and O–H groups in total. The summed E-state index contributed by atoms with van der Waals surface area (Å²) in [6.07, 6.45) is 0. The highest BCUT2D eigenvalue weighted by Crippen LogP contribution is 2.24. The number of fused-ring (bicyclic) bond motifs is 1. The van der Waals surface area contributed by atoms with Gasteiger partial charge < -0.3 is 4.98 Å². The number of aromatic nitrogens is 2. The van der Waals surface area contributed by atoms with E-state index in [1.807, 2.05) is 18.2 Å². The first-order valence-electron chi connectivity index (χ1n) is 5.45. The minimum atomic E-state index is 0.913. The zero-order valence-electron chi connectivity index (χ0n) is 9.37. The van der Waals surface area contributed by atoms with Gasteiger partial charge in [0.15, 0.2) is 0 Å². The van der Waals surface area contributed by atoms with Gasteiger partial charge in [0.1, 0.15) is 5.82 Å². The number of aromatic amines is 1. The second kappa shape index (κ2) is 4.00. The van der Waals surface area contributed by atoms with Crippen LogP contribution in [0.1, 0.15) is 5.56 Å². The Labute approximate surface area is 108 Å². The number of halogens is 1. The zero-order valence-corrected chi connectivity index (χ0v) is 11.0. The van der Waals surface area contributed by atoms with E-state index in [4.69, 9.17) is 0 Å². The molecule has 0 amide bonds. The number of aryl methyl sites for hydroxylation is 1. The Morgan fingerprint density at radius 3 is 2.71 bits per heavy atom. The Hall–Kier alpha value is -1.61. The number of para-hydroxylation sites is 1. The number of nitrogens with one attached hydrogen (secondary N) is 1. The van der Waals surface area contributed by atoms with Crippen molar-refractivity contribution in [3.05, 3.63) is 52.5 Å². The summed E-state index contributed by atoms with van der Waals surface area (Å²) in [4.78, 5) is 8.00. The Kier molecular flexibility index (Phi) is 2.48. The average molecular weight is 287 g/mol. The van der Waals surface area contributed by atoms with Crippen LogP contribution in [-0.2, 0) is 0 Å². The summed E-state index contributed by atoms with van der Waals surface area (Å²) in [5.41, 5.74) is 4.41. The van der Waals surface area contributed by atoms with E-state index in [0.717, 1.165) is 26.9 Å². The molecule has 3 aromatic rings. The molecular formula is C14H11BrN2. The monoisotopic (exact) mass is 286 g/mol. The smallest absolute Gasteiger partial charge is 0.138 e. The number of nitrogens with zero attached hydrogens (tertiary/aromatic N) is 1. The van der Waals surface area contributed by atoms with Crippen molar-refractivity contribution >= 4 is 27.0 Å². The molecule has 17 heavy (non-hydrogen) atoms. The highest BCUT2D eigenvalue weighted by Gasteiger charge is 2.06. The third kappa shape index (κ3) is 1.87. The predicted molar refractivity (Wildman–Crippen MR) is 74.0 cm³/mol. The fourth-order valence-electron chi connectivity index (χ4n) is 1.95. The van der Waals surface area contributed by atoms with E-state index in [9.17, 15) is 0 Å². The molecule has 0 saturated carbocycles. The summed E-state index contributed by atoms with van der Waals surface area (Å²) >= 11 is 3.48. The van der Waals surface area contributed by atoms with Crippen molar-refractivity contribution in [1.82, 2.24) is 9.97 Å². The molecule has 0 unspecified atom stereocenters. The van der Waals surface area contributed by atoms with Gasteiger partial charge in [-0.25, -0.2) is 4.98 Å². The molecule has 3 heteroatoms. The van der Waals surface area contributed by atoms with Crippen LogP contribution in [0.3, 0.4) is 0 Å². The second-order valence-corrected chi connectivity index (χ2v) is 4.98. The molecule has 3 rings (SSSR count). The number of hydrogen-bond donors (Lipinski definition) is 1. The minimum absolute atomic E-state index is 0.913. The fraction of sp³-hybridized carbons (Fsp3) is 0.0714. The molecule has 0 fully saturated rings. The second-order valence-electron chi connectivity index (χ2n) is 4.07. The SMILES string of the molecule is Cc1cccc2[nH]c(-c3cccc(Br)c3)nc12. The molecule has 0 bridgehead atoms. The number of hydrogen-bond acceptors (Lipinski definition) is 1. The van der Waals surface area contributed by atoms with Crippen LogP contribution in [0, 0.1) is 6.92 Å². The van der Waals surface area contributed by atoms with E-state index < -0.39 is 0 Å². The van der Waals surface area contributed by atoms with Crippen LogP contribution in [0.2, 0.25) is 0 Å². The van der Waals surface area contributed by atoms with Crippen molar-refractivity contribution in [2.24, 2.45) is 0 Å². The van der Waals surface area contributed by atoms with Crippen molar-refractivity contribution in [1.29, 1.82) is 0 Å². The summed E-state index contributed by atoms with van der Waals surface area (Å²) in [5.74, 6) is 0.913. The van der Waals surface area contributed by atoms with Crippen LogP contribution < -0.4 is 0 Å². The van der Waals surface area contributed by atoms with Gasteiger partial charge in [-0.05, 0) is 30.7 Å². The highest BCUT2D eigenvalue weighted by molar-refractivity contribution is 9.10. The van der Waals surface area contributed by atoms with E-state index >= 15 is 0 Å². The molecule has 0 spiro atoms. The average Bonchev–Trinajstić information content (AvgIpc) is 2.74. The molecule has 0 aliphatic heterocycles. The van der Waals surface area contributed by atoms with Gasteiger partial charge >= 0.3 is 0 Å². The van der Waals surface area contributed by atoms with Gasteiger partial charge in [-0.3, -0.25) is 0 Å². The summed E-state index contributed by atoms with van der Waals surface area (Å²) < 4.78 is 1.06. The van der Waals surface area contributed by atoms with Gasteiger partial charge in [-0.1, -0.05) is 40.2 Å². The quantitative estimate of drug-likeness (QED) is 0.710. The Morgan fingerprint density at radius 1 is 1.12 bits per heavy atom. The Bertz CT molecular complexity index is 686. The topological polar surface area (TPSA) is 28.7 Å². The first-order chi connectivity index (χ1) is 8.24. The van der Waals surface area contributed by atoms with Crippen molar-refractivity contribution < 1.29 is 0 Å². The number of H-pyrrole nitrogens is 1. The molecule has 0 saturated heterocycles. The van der Waals surface area contributed by atoms with E-state index in [1.165, 1.54) is 5.56 Å². The minimum Gasteiger partial charge on any atom is -0.338 e. The summed E-state index contributed by atoms with van der Waals surface area (Å²) in [7, 11) is 0. The van der Waals surface area contributed by atoms with Crippen molar-refractivity contribution in [3.63, 3.8) is 0 Å². The number of imidazole rings is 1. The normalized spacial score (nSPS) is 10.9. The molecule has 84 valence electrons. The first kappa shape index (κ1) is 10.5. The molecule has 2 nitrogen and oxygen atoms in total. The molecular weight excluding hydrogens is 276 g/mol. The van der Waals surface area contributed by atoms with Gasteiger partial charge in [0.25, 0.3) is 0 Å². The van der Waals surface area contributed by atoms with Gasteiger partial charge in [-0.2, -0.15) is 0 Å². The maximum Gasteiger partial charge on any atom is 0.138 e. The lowest BCUT2D eigenvalue weighted by molar-refractivity contribution is 1.33.